The number of hydrogen-bond acceptors (Lipinski definition) is 2. The molecule has 2 atom stereocenters. The van der Waals surface area contributed by atoms with E-state index in [-0.39, 0.29) is 0 Å². The molecule has 0 aliphatic carbocycles. The third-order valence-corrected chi connectivity index (χ3v) is 8.11. The molecular formula is C34H64N2. The van der Waals surface area contributed by atoms with E-state index in [0.717, 1.165) is 0 Å². The highest BCUT2D eigenvalue weighted by Gasteiger charge is 2.13. The van der Waals surface area contributed by atoms with Crippen LogP contribution in [0.25, 0.3) is 0 Å². The van der Waals surface area contributed by atoms with E-state index in [4.69, 9.17) is 0 Å². The van der Waals surface area contributed by atoms with Crippen LogP contribution in [0.15, 0.2) is 24.3 Å². The highest BCUT2D eigenvalue weighted by atomic mass is 14.9. The minimum absolute atomic E-state index is 0.480. The third kappa shape index (κ3) is 16.8. The summed E-state index contributed by atoms with van der Waals surface area (Å²) in [7, 11) is 4.26. The zero-order valence-corrected chi connectivity index (χ0v) is 25.0. The van der Waals surface area contributed by atoms with Crippen molar-refractivity contribution in [3.8, 4) is 0 Å². The number of benzene rings is 1. The van der Waals surface area contributed by atoms with Gasteiger partial charge in [-0.05, 0) is 38.1 Å². The summed E-state index contributed by atoms with van der Waals surface area (Å²) in [6.45, 7) is 4.60. The lowest BCUT2D eigenvalue weighted by Gasteiger charge is -2.21. The van der Waals surface area contributed by atoms with Crippen molar-refractivity contribution in [2.75, 3.05) is 14.1 Å². The fraction of sp³-hybridized carbons (Fsp3) is 0.824. The lowest BCUT2D eigenvalue weighted by Crippen LogP contribution is -2.19. The fourth-order valence-corrected chi connectivity index (χ4v) is 5.62. The Morgan fingerprint density at radius 1 is 0.472 bits per heavy atom. The summed E-state index contributed by atoms with van der Waals surface area (Å²) < 4.78 is 0. The van der Waals surface area contributed by atoms with Crippen LogP contribution >= 0.6 is 0 Å². The predicted octanol–water partition coefficient (Wildman–Crippen LogP) is 10.8. The molecule has 0 saturated carbocycles. The summed E-state index contributed by atoms with van der Waals surface area (Å²) in [6.07, 6.45) is 30.6. The number of unbranched alkanes of at least 4 members (excludes halogenated alkanes) is 18. The van der Waals surface area contributed by atoms with E-state index in [1.807, 2.05) is 0 Å². The minimum atomic E-state index is 0.480. The standard InChI is InChI=1S/C34H64N2/c1-5-7-9-11-13-15-17-19-21-23-28-33(35-3)31-26-25-27-32(30-31)34(36-4)29-24-22-20-18-16-14-12-10-8-6-2/h25-27,30,33-36H,5-24,28-29H2,1-4H3. The Labute approximate surface area is 227 Å². The van der Waals surface area contributed by atoms with Gasteiger partial charge in [-0.3, -0.25) is 0 Å². The number of hydrogen-bond donors (Lipinski definition) is 2. The van der Waals surface area contributed by atoms with E-state index in [0.29, 0.717) is 12.1 Å². The molecule has 210 valence electrons. The summed E-state index contributed by atoms with van der Waals surface area (Å²) in [5, 5.41) is 7.20. The maximum absolute atomic E-state index is 3.60. The number of rotatable bonds is 26. The quantitative estimate of drug-likeness (QED) is 0.124. The van der Waals surface area contributed by atoms with Crippen LogP contribution in [-0.4, -0.2) is 14.1 Å². The fourth-order valence-electron chi connectivity index (χ4n) is 5.62. The van der Waals surface area contributed by atoms with Crippen molar-refractivity contribution in [1.29, 1.82) is 0 Å². The van der Waals surface area contributed by atoms with Crippen molar-refractivity contribution in [2.45, 2.75) is 167 Å². The van der Waals surface area contributed by atoms with Gasteiger partial charge in [0.1, 0.15) is 0 Å². The monoisotopic (exact) mass is 501 g/mol. The van der Waals surface area contributed by atoms with Gasteiger partial charge in [-0.25, -0.2) is 0 Å². The molecule has 0 fully saturated rings. The smallest absolute Gasteiger partial charge is 0.0317 e. The van der Waals surface area contributed by atoms with Crippen LogP contribution in [-0.2, 0) is 0 Å². The van der Waals surface area contributed by atoms with Crippen LogP contribution in [0.1, 0.15) is 178 Å². The first-order chi connectivity index (χ1) is 17.8. The molecule has 0 amide bonds. The Morgan fingerprint density at radius 2 is 0.778 bits per heavy atom. The van der Waals surface area contributed by atoms with Gasteiger partial charge in [-0.2, -0.15) is 0 Å². The van der Waals surface area contributed by atoms with Gasteiger partial charge >= 0.3 is 0 Å². The molecule has 2 N–H and O–H groups in total. The van der Waals surface area contributed by atoms with Gasteiger partial charge in [0.05, 0.1) is 0 Å². The average molecular weight is 501 g/mol. The first-order valence-electron chi connectivity index (χ1n) is 16.2. The van der Waals surface area contributed by atoms with Gasteiger partial charge in [0.2, 0.25) is 0 Å². The summed E-state index contributed by atoms with van der Waals surface area (Å²) in [5.41, 5.74) is 2.93. The maximum Gasteiger partial charge on any atom is 0.0317 e. The van der Waals surface area contributed by atoms with Gasteiger partial charge in [0.15, 0.2) is 0 Å². The Kier molecular flexibility index (Phi) is 22.6. The molecule has 2 heteroatoms. The molecule has 0 heterocycles. The average Bonchev–Trinajstić information content (AvgIpc) is 2.90. The second-order valence-electron chi connectivity index (χ2n) is 11.3. The van der Waals surface area contributed by atoms with Gasteiger partial charge in [-0.1, -0.05) is 167 Å². The van der Waals surface area contributed by atoms with Crippen LogP contribution in [0, 0.1) is 0 Å². The molecule has 0 spiro atoms. The van der Waals surface area contributed by atoms with E-state index in [1.54, 1.807) is 0 Å². The summed E-state index contributed by atoms with van der Waals surface area (Å²) in [6, 6.07) is 10.4. The summed E-state index contributed by atoms with van der Waals surface area (Å²) in [4.78, 5) is 0. The van der Waals surface area contributed by atoms with Gasteiger partial charge < -0.3 is 10.6 Å². The molecule has 0 aliphatic heterocycles. The zero-order valence-electron chi connectivity index (χ0n) is 25.0. The van der Waals surface area contributed by atoms with Crippen LogP contribution in [0.4, 0.5) is 0 Å². The van der Waals surface area contributed by atoms with Crippen molar-refractivity contribution in [1.82, 2.24) is 10.6 Å². The van der Waals surface area contributed by atoms with E-state index in [1.165, 1.54) is 152 Å². The van der Waals surface area contributed by atoms with Gasteiger partial charge in [0.25, 0.3) is 0 Å². The highest BCUT2D eigenvalue weighted by molar-refractivity contribution is 5.28. The molecule has 0 aliphatic rings. The topological polar surface area (TPSA) is 24.1 Å². The van der Waals surface area contributed by atoms with E-state index in [9.17, 15) is 0 Å². The lowest BCUT2D eigenvalue weighted by atomic mass is 9.94. The van der Waals surface area contributed by atoms with Crippen LogP contribution in [0.2, 0.25) is 0 Å². The van der Waals surface area contributed by atoms with Crippen molar-refractivity contribution < 1.29 is 0 Å². The number of nitrogens with one attached hydrogen (secondary N) is 2. The Balaban J connectivity index is 2.27. The molecule has 2 unspecified atom stereocenters. The van der Waals surface area contributed by atoms with Crippen molar-refractivity contribution in [2.24, 2.45) is 0 Å². The minimum Gasteiger partial charge on any atom is -0.313 e. The predicted molar refractivity (Wildman–Crippen MR) is 163 cm³/mol. The second-order valence-corrected chi connectivity index (χ2v) is 11.3. The van der Waals surface area contributed by atoms with E-state index < -0.39 is 0 Å². The van der Waals surface area contributed by atoms with E-state index >= 15 is 0 Å². The summed E-state index contributed by atoms with van der Waals surface area (Å²) >= 11 is 0. The second kappa shape index (κ2) is 24.5. The molecular weight excluding hydrogens is 436 g/mol. The SMILES string of the molecule is CCCCCCCCCCCCC(NC)c1cccc(C(CCCCCCCCCCCC)NC)c1. The molecule has 0 saturated heterocycles. The Morgan fingerprint density at radius 3 is 1.08 bits per heavy atom. The Bertz CT molecular complexity index is 537. The molecule has 36 heavy (non-hydrogen) atoms. The maximum atomic E-state index is 3.60. The molecule has 0 aromatic heterocycles. The first-order valence-corrected chi connectivity index (χ1v) is 16.2. The molecule has 0 radical (unpaired) electrons. The highest BCUT2D eigenvalue weighted by Crippen LogP contribution is 2.26. The normalized spacial score (nSPS) is 13.2. The van der Waals surface area contributed by atoms with Crippen molar-refractivity contribution >= 4 is 0 Å². The molecule has 1 rings (SSSR count). The van der Waals surface area contributed by atoms with Crippen LogP contribution in [0.5, 0.6) is 0 Å². The van der Waals surface area contributed by atoms with Gasteiger partial charge in [-0.15, -0.1) is 0 Å². The zero-order chi connectivity index (χ0) is 26.1. The van der Waals surface area contributed by atoms with Crippen LogP contribution < -0.4 is 10.6 Å². The molecule has 1 aromatic rings. The molecule has 1 aromatic carbocycles. The first kappa shape index (κ1) is 33.2. The van der Waals surface area contributed by atoms with Gasteiger partial charge in [0, 0.05) is 12.1 Å². The summed E-state index contributed by atoms with van der Waals surface area (Å²) in [5.74, 6) is 0. The Hall–Kier alpha value is -0.860. The van der Waals surface area contributed by atoms with E-state index in [2.05, 4.69) is 62.8 Å². The lowest BCUT2D eigenvalue weighted by molar-refractivity contribution is 0.484. The molecule has 0 bridgehead atoms. The third-order valence-electron chi connectivity index (χ3n) is 8.11. The van der Waals surface area contributed by atoms with Crippen molar-refractivity contribution in [3.05, 3.63) is 35.4 Å². The molecule has 2 nitrogen and oxygen atoms in total. The largest absolute Gasteiger partial charge is 0.313 e. The van der Waals surface area contributed by atoms with Crippen molar-refractivity contribution in [3.63, 3.8) is 0 Å². The van der Waals surface area contributed by atoms with Crippen LogP contribution in [0.3, 0.4) is 0 Å².